The zero-order chi connectivity index (χ0) is 21.4. The minimum Gasteiger partial charge on any atom is -0.454 e. The number of furan rings is 1. The second kappa shape index (κ2) is 6.20. The van der Waals surface area contributed by atoms with Gasteiger partial charge in [-0.3, -0.25) is 4.98 Å². The monoisotopic (exact) mass is 405 g/mol. The van der Waals surface area contributed by atoms with Crippen molar-refractivity contribution in [3.8, 4) is 11.3 Å². The van der Waals surface area contributed by atoms with Crippen LogP contribution < -0.4 is 0 Å². The summed E-state index contributed by atoms with van der Waals surface area (Å²) in [6, 6.07) is 21.8. The van der Waals surface area contributed by atoms with E-state index in [-0.39, 0.29) is 10.8 Å². The lowest BCUT2D eigenvalue weighted by Gasteiger charge is -2.41. The highest BCUT2D eigenvalue weighted by Crippen LogP contribution is 2.48. The molecule has 0 radical (unpaired) electrons. The molecule has 5 aromatic rings. The second-order valence-electron chi connectivity index (χ2n) is 10.4. The van der Waals surface area contributed by atoms with Crippen molar-refractivity contribution in [3.05, 3.63) is 78.0 Å². The van der Waals surface area contributed by atoms with Crippen molar-refractivity contribution in [1.29, 1.82) is 0 Å². The molecule has 2 nitrogen and oxygen atoms in total. The van der Waals surface area contributed by atoms with Gasteiger partial charge < -0.3 is 4.42 Å². The Kier molecular flexibility index (Phi) is 3.72. The van der Waals surface area contributed by atoms with Crippen molar-refractivity contribution < 1.29 is 4.42 Å². The van der Waals surface area contributed by atoms with Gasteiger partial charge in [-0.15, -0.1) is 0 Å². The Morgan fingerprint density at radius 3 is 2.23 bits per heavy atom. The molecule has 0 aliphatic heterocycles. The Morgan fingerprint density at radius 1 is 0.742 bits per heavy atom. The van der Waals surface area contributed by atoms with Crippen LogP contribution >= 0.6 is 0 Å². The normalized spacial score (nSPS) is 17.3. The predicted molar refractivity (Wildman–Crippen MR) is 130 cm³/mol. The first-order chi connectivity index (χ1) is 14.8. The van der Waals surface area contributed by atoms with Gasteiger partial charge in [0.15, 0.2) is 5.58 Å². The molecule has 0 spiro atoms. The predicted octanol–water partition coefficient (Wildman–Crippen LogP) is 8.15. The summed E-state index contributed by atoms with van der Waals surface area (Å²) in [6.07, 6.45) is 4.32. The molecule has 154 valence electrons. The highest BCUT2D eigenvalue weighted by Gasteiger charge is 2.37. The number of benzene rings is 3. The van der Waals surface area contributed by atoms with E-state index < -0.39 is 0 Å². The average Bonchev–Trinajstić information content (AvgIpc) is 3.14. The van der Waals surface area contributed by atoms with Crippen LogP contribution in [0.3, 0.4) is 0 Å². The van der Waals surface area contributed by atoms with Gasteiger partial charge in [0.2, 0.25) is 0 Å². The molecular formula is C29H27NO. The van der Waals surface area contributed by atoms with Crippen LogP contribution in [0.5, 0.6) is 0 Å². The van der Waals surface area contributed by atoms with Gasteiger partial charge >= 0.3 is 0 Å². The summed E-state index contributed by atoms with van der Waals surface area (Å²) in [7, 11) is 0. The first-order valence-corrected chi connectivity index (χ1v) is 11.2. The number of hydrogen-bond acceptors (Lipinski definition) is 2. The van der Waals surface area contributed by atoms with Gasteiger partial charge in [0.1, 0.15) is 11.3 Å². The first-order valence-electron chi connectivity index (χ1n) is 11.2. The van der Waals surface area contributed by atoms with Gasteiger partial charge in [0.05, 0.1) is 0 Å². The zero-order valence-electron chi connectivity index (χ0n) is 18.6. The van der Waals surface area contributed by atoms with Crippen LogP contribution in [-0.2, 0) is 10.8 Å². The highest BCUT2D eigenvalue weighted by atomic mass is 16.3. The molecule has 0 saturated heterocycles. The van der Waals surface area contributed by atoms with Gasteiger partial charge in [-0.05, 0) is 69.8 Å². The molecule has 6 rings (SSSR count). The maximum absolute atomic E-state index is 6.52. The molecule has 0 amide bonds. The molecule has 0 fully saturated rings. The number of hydrogen-bond donors (Lipinski definition) is 0. The second-order valence-corrected chi connectivity index (χ2v) is 10.4. The van der Waals surface area contributed by atoms with E-state index in [0.717, 1.165) is 27.8 Å². The van der Waals surface area contributed by atoms with Crippen LogP contribution in [0.1, 0.15) is 51.7 Å². The third kappa shape index (κ3) is 2.74. The van der Waals surface area contributed by atoms with E-state index in [0.29, 0.717) is 0 Å². The van der Waals surface area contributed by atoms with Crippen LogP contribution in [0.2, 0.25) is 0 Å². The molecule has 1 aliphatic rings. The fourth-order valence-electron chi connectivity index (χ4n) is 5.30. The van der Waals surface area contributed by atoms with E-state index >= 15 is 0 Å². The maximum Gasteiger partial charge on any atom is 0.161 e. The minimum absolute atomic E-state index is 0.164. The third-order valence-electron chi connectivity index (χ3n) is 7.38. The van der Waals surface area contributed by atoms with Crippen molar-refractivity contribution in [1.82, 2.24) is 4.98 Å². The lowest BCUT2D eigenvalue weighted by atomic mass is 9.63. The van der Waals surface area contributed by atoms with Gasteiger partial charge in [-0.2, -0.15) is 0 Å². The Balaban J connectivity index is 1.63. The Bertz CT molecular complexity index is 1490. The maximum atomic E-state index is 6.52. The minimum atomic E-state index is 0.164. The molecule has 0 atom stereocenters. The first kappa shape index (κ1) is 18.6. The summed E-state index contributed by atoms with van der Waals surface area (Å²) in [5, 5.41) is 4.80. The van der Waals surface area contributed by atoms with Crippen molar-refractivity contribution in [2.45, 2.75) is 51.4 Å². The summed E-state index contributed by atoms with van der Waals surface area (Å²) >= 11 is 0. The molecule has 3 aromatic carbocycles. The fraction of sp³-hybridized carbons (Fsp3) is 0.276. The van der Waals surface area contributed by atoms with Crippen LogP contribution in [0.15, 0.2) is 71.3 Å². The molecule has 0 saturated carbocycles. The lowest BCUT2D eigenvalue weighted by molar-refractivity contribution is 0.332. The standard InChI is InChI=1S/C29H27NO/c1-28(2)12-13-29(3,4)24-17-25-22(16-23(24)28)21-11-14-30-26(27(21)31-25)20-10-9-18-7-5-6-8-19(18)15-20/h5-11,14-17H,12-13H2,1-4H3. The summed E-state index contributed by atoms with van der Waals surface area (Å²) in [4.78, 5) is 4.74. The number of fused-ring (bicyclic) bond motifs is 5. The number of aromatic nitrogens is 1. The number of rotatable bonds is 1. The summed E-state index contributed by atoms with van der Waals surface area (Å²) in [5.41, 5.74) is 7.08. The molecule has 0 unspecified atom stereocenters. The number of nitrogens with zero attached hydrogens (tertiary/aromatic N) is 1. The summed E-state index contributed by atoms with van der Waals surface area (Å²) in [5.74, 6) is 0. The summed E-state index contributed by atoms with van der Waals surface area (Å²) in [6.45, 7) is 9.46. The van der Waals surface area contributed by atoms with Crippen molar-refractivity contribution >= 4 is 32.7 Å². The molecule has 0 bridgehead atoms. The van der Waals surface area contributed by atoms with Gasteiger partial charge in [-0.1, -0.05) is 64.1 Å². The van der Waals surface area contributed by atoms with E-state index in [9.17, 15) is 0 Å². The van der Waals surface area contributed by atoms with E-state index in [1.54, 1.807) is 0 Å². The molecule has 0 N–H and O–H groups in total. The Hall–Kier alpha value is -3.13. The van der Waals surface area contributed by atoms with E-state index in [1.807, 2.05) is 6.20 Å². The smallest absolute Gasteiger partial charge is 0.161 e. The number of pyridine rings is 1. The van der Waals surface area contributed by atoms with E-state index in [4.69, 9.17) is 9.40 Å². The van der Waals surface area contributed by atoms with Crippen LogP contribution in [-0.4, -0.2) is 4.98 Å². The highest BCUT2D eigenvalue weighted by molar-refractivity contribution is 6.09. The molecule has 2 aromatic heterocycles. The molecular weight excluding hydrogens is 378 g/mol. The third-order valence-corrected chi connectivity index (χ3v) is 7.38. The molecule has 2 heterocycles. The molecule has 2 heteroatoms. The Morgan fingerprint density at radius 2 is 1.45 bits per heavy atom. The summed E-state index contributed by atoms with van der Waals surface area (Å²) < 4.78 is 6.52. The van der Waals surface area contributed by atoms with Crippen LogP contribution in [0.4, 0.5) is 0 Å². The largest absolute Gasteiger partial charge is 0.454 e. The lowest BCUT2D eigenvalue weighted by Crippen LogP contribution is -2.33. The van der Waals surface area contributed by atoms with Crippen molar-refractivity contribution in [2.75, 3.05) is 0 Å². The van der Waals surface area contributed by atoms with Crippen LogP contribution in [0, 0.1) is 0 Å². The quantitative estimate of drug-likeness (QED) is 0.281. The van der Waals surface area contributed by atoms with Crippen molar-refractivity contribution in [2.24, 2.45) is 0 Å². The van der Waals surface area contributed by atoms with Crippen molar-refractivity contribution in [3.63, 3.8) is 0 Å². The van der Waals surface area contributed by atoms with Gasteiger partial charge in [0.25, 0.3) is 0 Å². The fourth-order valence-corrected chi connectivity index (χ4v) is 5.30. The van der Waals surface area contributed by atoms with E-state index in [2.05, 4.69) is 88.4 Å². The zero-order valence-corrected chi connectivity index (χ0v) is 18.6. The average molecular weight is 406 g/mol. The Labute approximate surface area is 182 Å². The SMILES string of the molecule is CC1(C)CCC(C)(C)c2cc3c(cc21)oc1c(-c2ccc4ccccc4c2)nccc13. The van der Waals surface area contributed by atoms with Crippen LogP contribution in [0.25, 0.3) is 44.0 Å². The van der Waals surface area contributed by atoms with Gasteiger partial charge in [0, 0.05) is 22.5 Å². The van der Waals surface area contributed by atoms with Gasteiger partial charge in [-0.25, -0.2) is 0 Å². The van der Waals surface area contributed by atoms with E-state index in [1.165, 1.54) is 40.1 Å². The topological polar surface area (TPSA) is 26.0 Å². The molecule has 31 heavy (non-hydrogen) atoms. The molecule has 1 aliphatic carbocycles.